The lowest BCUT2D eigenvalue weighted by atomic mass is 9.87. The van der Waals surface area contributed by atoms with E-state index in [-0.39, 0.29) is 17.4 Å². The molecule has 34 heavy (non-hydrogen) atoms. The minimum Gasteiger partial charge on any atom is -0.368 e. The third-order valence-electron chi connectivity index (χ3n) is 6.79. The van der Waals surface area contributed by atoms with Gasteiger partial charge in [-0.2, -0.15) is 13.2 Å². The molecular weight excluding hydrogens is 461 g/mol. The van der Waals surface area contributed by atoms with Crippen LogP contribution in [0.3, 0.4) is 0 Å². The van der Waals surface area contributed by atoms with Crippen LogP contribution in [0.25, 0.3) is 10.4 Å². The predicted octanol–water partition coefficient (Wildman–Crippen LogP) is 6.03. The molecule has 178 valence electrons. The molecule has 1 unspecified atom stereocenters. The van der Waals surface area contributed by atoms with E-state index < -0.39 is 11.7 Å². The van der Waals surface area contributed by atoms with Crippen molar-refractivity contribution in [2.75, 3.05) is 18.4 Å². The van der Waals surface area contributed by atoms with Crippen molar-refractivity contribution in [2.45, 2.75) is 44.8 Å². The number of benzene rings is 1. The summed E-state index contributed by atoms with van der Waals surface area (Å²) in [7, 11) is 0. The highest BCUT2D eigenvalue weighted by molar-refractivity contribution is 7.15. The average Bonchev–Trinajstić information content (AvgIpc) is 3.45. The van der Waals surface area contributed by atoms with Crippen molar-refractivity contribution in [1.29, 1.82) is 0 Å². The molecule has 1 saturated carbocycles. The molecule has 5 nitrogen and oxygen atoms in total. The maximum absolute atomic E-state index is 13.7. The van der Waals surface area contributed by atoms with E-state index in [2.05, 4.69) is 15.3 Å². The van der Waals surface area contributed by atoms with E-state index in [1.165, 1.54) is 17.4 Å². The summed E-state index contributed by atoms with van der Waals surface area (Å²) in [4.78, 5) is 25.0. The Morgan fingerprint density at radius 1 is 1.18 bits per heavy atom. The van der Waals surface area contributed by atoms with Crippen molar-refractivity contribution in [1.82, 2.24) is 14.9 Å². The van der Waals surface area contributed by atoms with Gasteiger partial charge in [-0.1, -0.05) is 30.3 Å². The Morgan fingerprint density at radius 3 is 2.59 bits per heavy atom. The van der Waals surface area contributed by atoms with Gasteiger partial charge in [0.05, 0.1) is 15.4 Å². The summed E-state index contributed by atoms with van der Waals surface area (Å²) in [5.74, 6) is 0.274. The molecule has 3 heterocycles. The first-order valence-corrected chi connectivity index (χ1v) is 12.2. The van der Waals surface area contributed by atoms with Crippen LogP contribution < -0.4 is 5.32 Å². The van der Waals surface area contributed by atoms with Crippen molar-refractivity contribution in [3.63, 3.8) is 0 Å². The zero-order valence-corrected chi connectivity index (χ0v) is 19.5. The number of rotatable bonds is 5. The minimum atomic E-state index is -4.42. The zero-order valence-electron chi connectivity index (χ0n) is 18.7. The molecule has 0 bridgehead atoms. The highest BCUT2D eigenvalue weighted by atomic mass is 32.1. The number of aromatic nitrogens is 2. The van der Waals surface area contributed by atoms with Crippen LogP contribution in [0.1, 0.15) is 46.7 Å². The first-order valence-electron chi connectivity index (χ1n) is 11.4. The molecule has 9 heteroatoms. The highest BCUT2D eigenvalue weighted by Gasteiger charge is 2.49. The Morgan fingerprint density at radius 2 is 1.94 bits per heavy atom. The van der Waals surface area contributed by atoms with Crippen molar-refractivity contribution in [2.24, 2.45) is 5.41 Å². The summed E-state index contributed by atoms with van der Waals surface area (Å²) in [6.45, 7) is 2.98. The van der Waals surface area contributed by atoms with Crippen LogP contribution in [-0.4, -0.2) is 39.9 Å². The first-order chi connectivity index (χ1) is 16.2. The van der Waals surface area contributed by atoms with Crippen LogP contribution in [0, 0.1) is 12.3 Å². The summed E-state index contributed by atoms with van der Waals surface area (Å²) >= 11 is 1.51. The van der Waals surface area contributed by atoms with Crippen LogP contribution >= 0.6 is 11.3 Å². The Hall–Kier alpha value is -2.94. The average molecular weight is 487 g/mol. The second-order valence-electron chi connectivity index (χ2n) is 9.19. The van der Waals surface area contributed by atoms with E-state index in [0.717, 1.165) is 53.4 Å². The van der Waals surface area contributed by atoms with Crippen molar-refractivity contribution >= 4 is 23.1 Å². The topological polar surface area (TPSA) is 58.1 Å². The van der Waals surface area contributed by atoms with Crippen LogP contribution in [0.2, 0.25) is 0 Å². The number of alkyl halides is 3. The number of halogens is 3. The third kappa shape index (κ3) is 4.66. The molecule has 5 rings (SSSR count). The van der Waals surface area contributed by atoms with Gasteiger partial charge in [0.1, 0.15) is 11.5 Å². The van der Waals surface area contributed by atoms with Gasteiger partial charge in [0.2, 0.25) is 0 Å². The van der Waals surface area contributed by atoms with Crippen LogP contribution in [0.15, 0.2) is 48.7 Å². The minimum absolute atomic E-state index is 0.0847. The fourth-order valence-corrected chi connectivity index (χ4v) is 5.63. The molecule has 2 aliphatic rings. The summed E-state index contributed by atoms with van der Waals surface area (Å²) in [6.07, 6.45) is 0.579. The maximum atomic E-state index is 13.7. The standard InChI is InChI=1S/C25H25F3N4OS/c1-16-31-21(22(34-16)17-5-3-2-4-6-17)23(33)32-12-11-24(9-10-24)13-19(32)15-30-20-8-7-18(14-29-20)25(26,27)28/h2-8,14,19H,9-13,15H2,1H3,(H,29,30). The summed E-state index contributed by atoms with van der Waals surface area (Å²) in [5, 5.41) is 3.99. The molecule has 3 aromatic rings. The van der Waals surface area contributed by atoms with Gasteiger partial charge >= 0.3 is 6.18 Å². The summed E-state index contributed by atoms with van der Waals surface area (Å²) < 4.78 is 38.5. The second-order valence-corrected chi connectivity index (χ2v) is 10.4. The lowest BCUT2D eigenvalue weighted by Crippen LogP contribution is -2.50. The molecule has 1 amide bonds. The molecule has 1 aromatic carbocycles. The molecule has 1 spiro atoms. The summed E-state index contributed by atoms with van der Waals surface area (Å²) in [5.41, 5.74) is 0.947. The van der Waals surface area contributed by atoms with Crippen molar-refractivity contribution in [3.05, 3.63) is 64.9 Å². The Bertz CT molecular complexity index is 1170. The SMILES string of the molecule is Cc1nc(C(=O)N2CCC3(CC3)CC2CNc2ccc(C(F)(F)F)cn2)c(-c2ccccc2)s1. The van der Waals surface area contributed by atoms with Gasteiger partial charge in [0.25, 0.3) is 5.91 Å². The maximum Gasteiger partial charge on any atom is 0.417 e. The van der Waals surface area contributed by atoms with Crippen molar-refractivity contribution in [3.8, 4) is 10.4 Å². The Balaban J connectivity index is 1.36. The van der Waals surface area contributed by atoms with Crippen LogP contribution in [0.4, 0.5) is 19.0 Å². The smallest absolute Gasteiger partial charge is 0.368 e. The lowest BCUT2D eigenvalue weighted by Gasteiger charge is -2.40. The van der Waals surface area contributed by atoms with Crippen LogP contribution in [0.5, 0.6) is 0 Å². The fourth-order valence-electron chi connectivity index (χ4n) is 4.71. The number of piperidine rings is 1. The van der Waals surface area contributed by atoms with Gasteiger partial charge < -0.3 is 10.2 Å². The number of aryl methyl sites for hydroxylation is 1. The molecular formula is C25H25F3N4OS. The Labute approximate surface area is 200 Å². The molecule has 1 N–H and O–H groups in total. The number of thiazole rings is 1. The number of carbonyl (C=O) groups excluding carboxylic acids is 1. The number of pyridine rings is 1. The van der Waals surface area contributed by atoms with E-state index in [4.69, 9.17) is 0 Å². The van der Waals surface area contributed by atoms with Gasteiger partial charge in [-0.15, -0.1) is 11.3 Å². The van der Waals surface area contributed by atoms with E-state index in [9.17, 15) is 18.0 Å². The largest absolute Gasteiger partial charge is 0.417 e. The summed E-state index contributed by atoms with van der Waals surface area (Å²) in [6, 6.07) is 12.1. The van der Waals surface area contributed by atoms with Gasteiger partial charge in [-0.3, -0.25) is 4.79 Å². The van der Waals surface area contributed by atoms with E-state index in [1.54, 1.807) is 0 Å². The fraction of sp³-hybridized carbons (Fsp3) is 0.400. The van der Waals surface area contributed by atoms with E-state index >= 15 is 0 Å². The van der Waals surface area contributed by atoms with E-state index in [0.29, 0.717) is 24.6 Å². The number of anilines is 1. The quantitative estimate of drug-likeness (QED) is 0.479. The lowest BCUT2D eigenvalue weighted by molar-refractivity contribution is -0.137. The van der Waals surface area contributed by atoms with Gasteiger partial charge in [0, 0.05) is 25.3 Å². The third-order valence-corrected chi connectivity index (χ3v) is 7.81. The Kier molecular flexibility index (Phi) is 5.83. The number of nitrogens with one attached hydrogen (secondary N) is 1. The number of amides is 1. The normalized spacial score (nSPS) is 19.3. The predicted molar refractivity (Wildman–Crippen MR) is 126 cm³/mol. The number of nitrogens with zero attached hydrogens (tertiary/aromatic N) is 3. The number of likely N-dealkylation sites (tertiary alicyclic amines) is 1. The van der Waals surface area contributed by atoms with Gasteiger partial charge in [-0.25, -0.2) is 9.97 Å². The molecule has 1 aliphatic heterocycles. The first kappa shape index (κ1) is 22.8. The monoisotopic (exact) mass is 486 g/mol. The number of hydrogen-bond acceptors (Lipinski definition) is 5. The second kappa shape index (κ2) is 8.69. The van der Waals surface area contributed by atoms with Gasteiger partial charge in [0.15, 0.2) is 0 Å². The molecule has 1 aliphatic carbocycles. The highest BCUT2D eigenvalue weighted by Crippen LogP contribution is 2.55. The molecule has 1 saturated heterocycles. The molecule has 0 radical (unpaired) electrons. The van der Waals surface area contributed by atoms with Crippen LogP contribution in [-0.2, 0) is 6.18 Å². The number of hydrogen-bond donors (Lipinski definition) is 1. The molecule has 2 fully saturated rings. The van der Waals surface area contributed by atoms with E-state index in [1.807, 2.05) is 42.2 Å². The zero-order chi connectivity index (χ0) is 23.9. The van der Waals surface area contributed by atoms with Crippen molar-refractivity contribution < 1.29 is 18.0 Å². The molecule has 2 aromatic heterocycles. The van der Waals surface area contributed by atoms with Gasteiger partial charge in [-0.05, 0) is 55.7 Å². The number of carbonyl (C=O) groups is 1. The molecule has 1 atom stereocenters.